The van der Waals surface area contributed by atoms with Gasteiger partial charge in [0, 0.05) is 98.9 Å². The smallest absolute Gasteiger partial charge is 0.329 e. The number of nitrogens with zero attached hydrogens (tertiary/aromatic N) is 5. The molecule has 3 saturated heterocycles. The lowest BCUT2D eigenvalue weighted by atomic mass is 9.77. The van der Waals surface area contributed by atoms with Gasteiger partial charge in [-0.05, 0) is 100 Å². The number of aliphatic hydroxyl groups excluding tert-OH is 1. The largest absolute Gasteiger partial charge is 0.480 e. The first kappa shape index (κ1) is 52.2. The third-order valence-electron chi connectivity index (χ3n) is 16.5. The summed E-state index contributed by atoms with van der Waals surface area (Å²) >= 11 is 6.74. The standard InChI is InChI=1S/C55H62ClF4N9O6/c1-30-43-41(27-39(58)47(56)46(43)45-36(51(61)72)12-13-40(48(45)59)62-19-25-70)75-55(30,34-6-4-3-5-7-34)29-63-35-10-8-33(9-11-35)53(73)68-22-14-31(15-23-68)28-67-20-16-32(17-21-67)44-38(57)26-37-50(49(44)60)66(2)65-52(37)69-24-18-42(71)64-54(69)74/h3-7,12-13,26-27,30-33,35,62-63,70H,8-11,14-25,28-29H2,1-2H3,(H2,61,72)(H,64,71,74). The van der Waals surface area contributed by atoms with Gasteiger partial charge in [0.1, 0.15) is 22.9 Å². The van der Waals surface area contributed by atoms with Crippen LogP contribution in [0.2, 0.25) is 5.02 Å². The molecule has 2 unspecified atom stereocenters. The molecule has 0 spiro atoms. The van der Waals surface area contributed by atoms with Crippen molar-refractivity contribution in [1.82, 2.24) is 30.2 Å². The molecule has 10 rings (SSSR count). The number of aromatic nitrogens is 2. The minimum Gasteiger partial charge on any atom is -0.480 e. The number of nitrogens with two attached hydrogens (primary N) is 1. The van der Waals surface area contributed by atoms with Crippen LogP contribution < -0.4 is 31.3 Å². The van der Waals surface area contributed by atoms with Crippen molar-refractivity contribution in [2.24, 2.45) is 24.6 Å². The molecule has 0 bridgehead atoms. The predicted octanol–water partition coefficient (Wildman–Crippen LogP) is 8.06. The second-order valence-corrected chi connectivity index (χ2v) is 21.2. The fourth-order valence-electron chi connectivity index (χ4n) is 12.5. The van der Waals surface area contributed by atoms with E-state index in [0.717, 1.165) is 37.8 Å². The Balaban J connectivity index is 0.739. The summed E-state index contributed by atoms with van der Waals surface area (Å²) in [7, 11) is 1.56. The van der Waals surface area contributed by atoms with E-state index in [9.17, 15) is 24.3 Å². The van der Waals surface area contributed by atoms with Crippen molar-refractivity contribution >= 4 is 57.8 Å². The Morgan fingerprint density at radius 3 is 2.29 bits per heavy atom. The zero-order valence-corrected chi connectivity index (χ0v) is 42.8. The molecule has 5 heterocycles. The maximum Gasteiger partial charge on any atom is 0.329 e. The first-order valence-electron chi connectivity index (χ1n) is 26.0. The van der Waals surface area contributed by atoms with Gasteiger partial charge in [-0.1, -0.05) is 48.9 Å². The molecule has 1 aromatic heterocycles. The number of hydrogen-bond donors (Lipinski definition) is 5. The lowest BCUT2D eigenvalue weighted by Crippen LogP contribution is -2.49. The predicted molar refractivity (Wildman–Crippen MR) is 276 cm³/mol. The third-order valence-corrected chi connectivity index (χ3v) is 16.9. The number of imide groups is 1. The normalized spacial score (nSPS) is 22.9. The highest BCUT2D eigenvalue weighted by Crippen LogP contribution is 2.56. The van der Waals surface area contributed by atoms with Gasteiger partial charge in [0.15, 0.2) is 23.1 Å². The summed E-state index contributed by atoms with van der Waals surface area (Å²) in [4.78, 5) is 56.7. The van der Waals surface area contributed by atoms with E-state index in [1.165, 1.54) is 33.8 Å². The van der Waals surface area contributed by atoms with Crippen molar-refractivity contribution in [3.63, 3.8) is 0 Å². The van der Waals surface area contributed by atoms with Gasteiger partial charge in [-0.3, -0.25) is 29.3 Å². The van der Waals surface area contributed by atoms with Crippen LogP contribution in [0.5, 0.6) is 5.75 Å². The fraction of sp³-hybridized carbons (Fsp3) is 0.473. The number of ether oxygens (including phenoxy) is 1. The molecule has 4 fully saturated rings. The highest BCUT2D eigenvalue weighted by Gasteiger charge is 2.50. The lowest BCUT2D eigenvalue weighted by molar-refractivity contribution is -0.138. The van der Waals surface area contributed by atoms with Gasteiger partial charge in [-0.2, -0.15) is 5.10 Å². The number of aryl methyl sites for hydroxylation is 1. The number of anilines is 2. The number of halogens is 5. The Morgan fingerprint density at radius 1 is 0.893 bits per heavy atom. The van der Waals surface area contributed by atoms with Crippen molar-refractivity contribution in [3.8, 4) is 16.9 Å². The highest BCUT2D eigenvalue weighted by molar-refractivity contribution is 6.34. The Labute approximate surface area is 437 Å². The van der Waals surface area contributed by atoms with Crippen molar-refractivity contribution in [2.45, 2.75) is 88.2 Å². The molecule has 75 heavy (non-hydrogen) atoms. The minimum atomic E-state index is -1.12. The van der Waals surface area contributed by atoms with Gasteiger partial charge in [0.2, 0.25) is 17.7 Å². The van der Waals surface area contributed by atoms with E-state index in [4.69, 9.17) is 22.1 Å². The molecule has 15 nitrogen and oxygen atoms in total. The topological polar surface area (TPSA) is 187 Å². The molecule has 6 N–H and O–H groups in total. The number of rotatable bonds is 14. The quantitative estimate of drug-likeness (QED) is 0.0682. The van der Waals surface area contributed by atoms with Crippen LogP contribution in [-0.4, -0.2) is 113 Å². The molecular weight excluding hydrogens is 994 g/mol. The maximum atomic E-state index is 16.5. The summed E-state index contributed by atoms with van der Waals surface area (Å²) in [5.41, 5.74) is 5.52. The molecule has 4 aromatic carbocycles. The van der Waals surface area contributed by atoms with Gasteiger partial charge in [0.05, 0.1) is 28.3 Å². The monoisotopic (exact) mass is 1060 g/mol. The number of piperidine rings is 2. The van der Waals surface area contributed by atoms with Crippen LogP contribution in [0.15, 0.2) is 54.6 Å². The number of hydrogen-bond acceptors (Lipinski definition) is 10. The van der Waals surface area contributed by atoms with E-state index in [2.05, 4.69) is 25.9 Å². The third kappa shape index (κ3) is 9.80. The molecule has 2 atom stereocenters. The summed E-state index contributed by atoms with van der Waals surface area (Å²) < 4.78 is 72.7. The first-order valence-corrected chi connectivity index (χ1v) is 26.4. The van der Waals surface area contributed by atoms with Gasteiger partial charge >= 0.3 is 6.03 Å². The summed E-state index contributed by atoms with van der Waals surface area (Å²) in [6.07, 6.45) is 5.86. The van der Waals surface area contributed by atoms with Crippen LogP contribution in [0, 0.1) is 35.1 Å². The summed E-state index contributed by atoms with van der Waals surface area (Å²) in [6.45, 7) is 5.56. The number of primary amides is 1. The lowest BCUT2D eigenvalue weighted by Gasteiger charge is -2.40. The number of likely N-dealkylation sites (tertiary alicyclic amines) is 2. The number of carbonyl (C=O) groups excluding carboxylic acids is 4. The van der Waals surface area contributed by atoms with E-state index < -0.39 is 52.6 Å². The fourth-order valence-corrected chi connectivity index (χ4v) is 12.7. The van der Waals surface area contributed by atoms with Crippen molar-refractivity contribution in [3.05, 3.63) is 105 Å². The van der Waals surface area contributed by atoms with Crippen LogP contribution in [-0.2, 0) is 22.2 Å². The summed E-state index contributed by atoms with van der Waals surface area (Å²) in [6, 6.07) is 14.0. The summed E-state index contributed by atoms with van der Waals surface area (Å²) in [5, 5.41) is 22.4. The average molecular weight is 1060 g/mol. The number of amides is 5. The molecule has 398 valence electrons. The second-order valence-electron chi connectivity index (χ2n) is 20.9. The van der Waals surface area contributed by atoms with Crippen molar-refractivity contribution in [1.29, 1.82) is 0 Å². The average Bonchev–Trinajstić information content (AvgIpc) is 3.88. The molecule has 0 radical (unpaired) electrons. The molecule has 1 aliphatic carbocycles. The molecular formula is C55H62ClF4N9O6. The van der Waals surface area contributed by atoms with Crippen LogP contribution in [0.25, 0.3) is 22.0 Å². The molecule has 5 aliphatic rings. The molecule has 1 saturated carbocycles. The van der Waals surface area contributed by atoms with E-state index >= 15 is 17.6 Å². The molecule has 20 heteroatoms. The van der Waals surface area contributed by atoms with Crippen LogP contribution in [0.4, 0.5) is 33.9 Å². The zero-order valence-electron chi connectivity index (χ0n) is 42.0. The van der Waals surface area contributed by atoms with Crippen LogP contribution >= 0.6 is 11.6 Å². The van der Waals surface area contributed by atoms with Crippen molar-refractivity contribution < 1.29 is 46.6 Å². The van der Waals surface area contributed by atoms with E-state index in [1.54, 1.807) is 7.05 Å². The number of benzene rings is 4. The highest BCUT2D eigenvalue weighted by atomic mass is 35.5. The number of carbonyl (C=O) groups is 4. The molecule has 5 aromatic rings. The summed E-state index contributed by atoms with van der Waals surface area (Å²) in [5.74, 6) is -4.58. The van der Waals surface area contributed by atoms with Crippen LogP contribution in [0.3, 0.4) is 0 Å². The SMILES string of the molecule is CC1c2c(cc(F)c(Cl)c2-c2c(C(N)=O)ccc(NCCO)c2F)OC1(CNC1CCC(C(=O)N2CCC(CN3CCC(c4c(F)cc5c(N6CCC(=O)NC6=O)nn(C)c5c4F)CC3)CC2)CC1)c1ccccc1. The van der Waals surface area contributed by atoms with Gasteiger partial charge in [-0.15, -0.1) is 0 Å². The zero-order chi connectivity index (χ0) is 52.9. The molecule has 4 aliphatic heterocycles. The number of nitrogens with one attached hydrogen (secondary N) is 3. The van der Waals surface area contributed by atoms with Gasteiger partial charge in [-0.25, -0.2) is 22.4 Å². The molecule has 5 amide bonds. The Morgan fingerprint density at radius 2 is 1.61 bits per heavy atom. The van der Waals surface area contributed by atoms with Crippen molar-refractivity contribution in [2.75, 3.05) is 69.2 Å². The van der Waals surface area contributed by atoms with Gasteiger partial charge in [0.25, 0.3) is 0 Å². The minimum absolute atomic E-state index is 0.0205. The van der Waals surface area contributed by atoms with E-state index in [-0.39, 0.29) is 112 Å². The Bertz CT molecular complexity index is 3030. The number of aliphatic hydroxyl groups is 1. The first-order chi connectivity index (χ1) is 36.1. The van der Waals surface area contributed by atoms with E-state index in [0.29, 0.717) is 63.3 Å². The maximum absolute atomic E-state index is 16.5. The second kappa shape index (κ2) is 21.4. The van der Waals surface area contributed by atoms with Gasteiger partial charge < -0.3 is 36.0 Å². The van der Waals surface area contributed by atoms with E-state index in [1.807, 2.05) is 42.2 Å². The Kier molecular flexibility index (Phi) is 14.9. The number of fused-ring (bicyclic) bond motifs is 2. The Hall–Kier alpha value is -6.28. The van der Waals surface area contributed by atoms with Crippen LogP contribution in [0.1, 0.15) is 104 Å². The number of urea groups is 1.